The van der Waals surface area contributed by atoms with Crippen molar-refractivity contribution in [2.75, 3.05) is 18.9 Å². The maximum atomic E-state index is 11.2. The summed E-state index contributed by atoms with van der Waals surface area (Å²) in [6.07, 6.45) is 3.24. The van der Waals surface area contributed by atoms with E-state index in [0.717, 1.165) is 0 Å². The number of carbonyl (C=O) groups excluding carboxylic acids is 1. The SMILES string of the molecule is CCN(C)C(=O)Nc1ncc[nH]1. The normalized spacial score (nSPS) is 9.50. The van der Waals surface area contributed by atoms with Crippen LogP contribution >= 0.6 is 0 Å². The van der Waals surface area contributed by atoms with Gasteiger partial charge in [-0.05, 0) is 6.92 Å². The van der Waals surface area contributed by atoms with Crippen LogP contribution < -0.4 is 5.32 Å². The van der Waals surface area contributed by atoms with Crippen molar-refractivity contribution in [3.05, 3.63) is 12.4 Å². The maximum Gasteiger partial charge on any atom is 0.323 e. The Hall–Kier alpha value is -1.52. The van der Waals surface area contributed by atoms with Crippen LogP contribution in [0.3, 0.4) is 0 Å². The molecule has 0 aliphatic rings. The van der Waals surface area contributed by atoms with E-state index in [1.807, 2.05) is 6.92 Å². The molecular formula is C7H12N4O. The minimum Gasteiger partial charge on any atom is -0.331 e. The number of imidazole rings is 1. The summed E-state index contributed by atoms with van der Waals surface area (Å²) in [5.74, 6) is 0.473. The molecule has 0 saturated carbocycles. The van der Waals surface area contributed by atoms with Gasteiger partial charge < -0.3 is 9.88 Å². The fraction of sp³-hybridized carbons (Fsp3) is 0.429. The molecule has 2 N–H and O–H groups in total. The Labute approximate surface area is 70.8 Å². The second-order valence-corrected chi connectivity index (χ2v) is 2.38. The van der Waals surface area contributed by atoms with Gasteiger partial charge in [-0.15, -0.1) is 0 Å². The first-order valence-corrected chi connectivity index (χ1v) is 3.75. The lowest BCUT2D eigenvalue weighted by Gasteiger charge is -2.13. The lowest BCUT2D eigenvalue weighted by atomic mass is 10.6. The molecule has 1 aromatic rings. The highest BCUT2D eigenvalue weighted by molar-refractivity contribution is 5.87. The Morgan fingerprint density at radius 1 is 1.83 bits per heavy atom. The average molecular weight is 168 g/mol. The molecular weight excluding hydrogens is 156 g/mol. The van der Waals surface area contributed by atoms with E-state index < -0.39 is 0 Å². The minimum atomic E-state index is -0.160. The van der Waals surface area contributed by atoms with Gasteiger partial charge in [-0.25, -0.2) is 9.78 Å². The summed E-state index contributed by atoms with van der Waals surface area (Å²) in [7, 11) is 1.72. The van der Waals surface area contributed by atoms with Crippen LogP contribution in [0.4, 0.5) is 10.7 Å². The van der Waals surface area contributed by atoms with E-state index in [0.29, 0.717) is 12.5 Å². The zero-order chi connectivity index (χ0) is 8.97. The van der Waals surface area contributed by atoms with Gasteiger partial charge in [-0.3, -0.25) is 5.32 Å². The first-order chi connectivity index (χ1) is 5.74. The lowest BCUT2D eigenvalue weighted by molar-refractivity contribution is 0.224. The summed E-state index contributed by atoms with van der Waals surface area (Å²) in [5, 5.41) is 2.59. The van der Waals surface area contributed by atoms with Gasteiger partial charge in [0.1, 0.15) is 0 Å². The summed E-state index contributed by atoms with van der Waals surface area (Å²) in [5.41, 5.74) is 0. The van der Waals surface area contributed by atoms with E-state index >= 15 is 0 Å². The molecule has 0 aliphatic heterocycles. The van der Waals surface area contributed by atoms with Crippen LogP contribution in [0.25, 0.3) is 0 Å². The van der Waals surface area contributed by atoms with E-state index in [1.54, 1.807) is 24.3 Å². The van der Waals surface area contributed by atoms with Gasteiger partial charge in [-0.2, -0.15) is 0 Å². The summed E-state index contributed by atoms with van der Waals surface area (Å²) in [6, 6.07) is -0.160. The van der Waals surface area contributed by atoms with Crippen molar-refractivity contribution in [3.63, 3.8) is 0 Å². The highest BCUT2D eigenvalue weighted by atomic mass is 16.2. The number of H-pyrrole nitrogens is 1. The number of aromatic amines is 1. The van der Waals surface area contributed by atoms with Crippen LogP contribution in [-0.2, 0) is 0 Å². The Morgan fingerprint density at radius 3 is 3.08 bits per heavy atom. The first kappa shape index (κ1) is 8.58. The third-order valence-electron chi connectivity index (χ3n) is 1.54. The fourth-order valence-electron chi connectivity index (χ4n) is 0.674. The molecule has 5 nitrogen and oxygen atoms in total. The number of urea groups is 1. The van der Waals surface area contributed by atoms with Gasteiger partial charge in [0.05, 0.1) is 0 Å². The number of rotatable bonds is 2. The number of amides is 2. The molecule has 2 amide bonds. The number of nitrogens with one attached hydrogen (secondary N) is 2. The number of anilines is 1. The Balaban J connectivity index is 2.47. The van der Waals surface area contributed by atoms with Crippen LogP contribution in [0.15, 0.2) is 12.4 Å². The van der Waals surface area contributed by atoms with Gasteiger partial charge in [0.25, 0.3) is 0 Å². The van der Waals surface area contributed by atoms with E-state index in [2.05, 4.69) is 15.3 Å². The second-order valence-electron chi connectivity index (χ2n) is 2.38. The third-order valence-corrected chi connectivity index (χ3v) is 1.54. The van der Waals surface area contributed by atoms with Crippen LogP contribution in [0.5, 0.6) is 0 Å². The summed E-state index contributed by atoms with van der Waals surface area (Å²) >= 11 is 0. The molecule has 1 rings (SSSR count). The first-order valence-electron chi connectivity index (χ1n) is 3.75. The molecule has 0 aliphatic carbocycles. The number of hydrogen-bond donors (Lipinski definition) is 2. The Bertz CT molecular complexity index is 244. The van der Waals surface area contributed by atoms with Crippen LogP contribution in [0, 0.1) is 0 Å². The average Bonchev–Trinajstić information content (AvgIpc) is 2.55. The zero-order valence-corrected chi connectivity index (χ0v) is 7.16. The minimum absolute atomic E-state index is 0.160. The van der Waals surface area contributed by atoms with Crippen molar-refractivity contribution < 1.29 is 4.79 Å². The van der Waals surface area contributed by atoms with Crippen LogP contribution in [-0.4, -0.2) is 34.5 Å². The quantitative estimate of drug-likeness (QED) is 0.689. The molecule has 1 aromatic heterocycles. The molecule has 0 aromatic carbocycles. The topological polar surface area (TPSA) is 61.0 Å². The highest BCUT2D eigenvalue weighted by Gasteiger charge is 2.06. The maximum absolute atomic E-state index is 11.2. The molecule has 0 unspecified atom stereocenters. The monoisotopic (exact) mass is 168 g/mol. The number of nitrogens with zero attached hydrogens (tertiary/aromatic N) is 2. The highest BCUT2D eigenvalue weighted by Crippen LogP contribution is 1.96. The molecule has 5 heteroatoms. The Morgan fingerprint density at radius 2 is 2.58 bits per heavy atom. The van der Waals surface area contributed by atoms with Crippen molar-refractivity contribution in [1.29, 1.82) is 0 Å². The van der Waals surface area contributed by atoms with Gasteiger partial charge in [-0.1, -0.05) is 0 Å². The fourth-order valence-corrected chi connectivity index (χ4v) is 0.674. The number of hydrogen-bond acceptors (Lipinski definition) is 2. The lowest BCUT2D eigenvalue weighted by Crippen LogP contribution is -2.31. The van der Waals surface area contributed by atoms with Gasteiger partial charge in [0.2, 0.25) is 5.95 Å². The molecule has 0 spiro atoms. The molecule has 1 heterocycles. The second kappa shape index (κ2) is 3.75. The van der Waals surface area contributed by atoms with Crippen molar-refractivity contribution in [2.24, 2.45) is 0 Å². The standard InChI is InChI=1S/C7H12N4O/c1-3-11(2)7(12)10-6-8-4-5-9-6/h4-5H,3H2,1-2H3,(H2,8,9,10,12). The van der Waals surface area contributed by atoms with Gasteiger partial charge >= 0.3 is 6.03 Å². The molecule has 0 radical (unpaired) electrons. The van der Waals surface area contributed by atoms with Gasteiger partial charge in [0.15, 0.2) is 0 Å². The zero-order valence-electron chi connectivity index (χ0n) is 7.16. The predicted molar refractivity (Wildman–Crippen MR) is 45.9 cm³/mol. The molecule has 0 saturated heterocycles. The molecule has 0 fully saturated rings. The molecule has 12 heavy (non-hydrogen) atoms. The van der Waals surface area contributed by atoms with E-state index in [1.165, 1.54) is 0 Å². The molecule has 66 valence electrons. The predicted octanol–water partition coefficient (Wildman–Crippen LogP) is 0.893. The summed E-state index contributed by atoms with van der Waals surface area (Å²) in [4.78, 5) is 19.4. The van der Waals surface area contributed by atoms with Crippen LogP contribution in [0.1, 0.15) is 6.92 Å². The van der Waals surface area contributed by atoms with Crippen molar-refractivity contribution >= 4 is 12.0 Å². The summed E-state index contributed by atoms with van der Waals surface area (Å²) < 4.78 is 0. The summed E-state index contributed by atoms with van der Waals surface area (Å²) in [6.45, 7) is 2.58. The van der Waals surface area contributed by atoms with Crippen molar-refractivity contribution in [2.45, 2.75) is 6.92 Å². The molecule has 0 atom stereocenters. The van der Waals surface area contributed by atoms with E-state index in [9.17, 15) is 4.79 Å². The molecule has 0 bridgehead atoms. The van der Waals surface area contributed by atoms with Gasteiger partial charge in [0, 0.05) is 26.0 Å². The van der Waals surface area contributed by atoms with Crippen molar-refractivity contribution in [3.8, 4) is 0 Å². The Kier molecular flexibility index (Phi) is 2.68. The smallest absolute Gasteiger partial charge is 0.323 e. The number of carbonyl (C=O) groups is 1. The largest absolute Gasteiger partial charge is 0.331 e. The van der Waals surface area contributed by atoms with E-state index in [-0.39, 0.29) is 6.03 Å². The third kappa shape index (κ3) is 1.98. The number of aromatic nitrogens is 2. The van der Waals surface area contributed by atoms with E-state index in [4.69, 9.17) is 0 Å². The van der Waals surface area contributed by atoms with Crippen molar-refractivity contribution in [1.82, 2.24) is 14.9 Å². The van der Waals surface area contributed by atoms with Crippen LogP contribution in [0.2, 0.25) is 0 Å².